The molecule has 52 valence electrons. The van der Waals surface area contributed by atoms with E-state index in [2.05, 4.69) is 0 Å². The zero-order valence-electron chi connectivity index (χ0n) is 4.64. The van der Waals surface area contributed by atoms with Crippen LogP contribution in [0, 0.1) is 0 Å². The third-order valence-electron chi connectivity index (χ3n) is 0.768. The Morgan fingerprint density at radius 1 is 1.33 bits per heavy atom. The Kier molecular flexibility index (Phi) is 3.82. The van der Waals surface area contributed by atoms with Gasteiger partial charge in [-0.25, -0.2) is 0 Å². The van der Waals surface area contributed by atoms with Crippen molar-refractivity contribution in [3.05, 3.63) is 0 Å². The van der Waals surface area contributed by atoms with E-state index in [1.807, 2.05) is 0 Å². The average Bonchev–Trinajstić information content (AvgIpc) is 1.84. The third kappa shape index (κ3) is 4.43. The van der Waals surface area contributed by atoms with Gasteiger partial charge in [-0.15, -0.1) is 0 Å². The Labute approximate surface area is 63.1 Å². The van der Waals surface area contributed by atoms with Crippen LogP contribution in [-0.4, -0.2) is 16.9 Å². The fourth-order valence-corrected chi connectivity index (χ4v) is 0.529. The van der Waals surface area contributed by atoms with Crippen molar-refractivity contribution < 1.29 is 9.59 Å². The Balaban J connectivity index is 3.57. The van der Waals surface area contributed by atoms with Crippen LogP contribution in [0.25, 0.3) is 0 Å². The van der Waals surface area contributed by atoms with E-state index in [9.17, 15) is 9.59 Å². The lowest BCUT2D eigenvalue weighted by Crippen LogP contribution is -2.13. The minimum Gasteiger partial charge on any atom is -0.303 e. The highest BCUT2D eigenvalue weighted by Crippen LogP contribution is 2.22. The van der Waals surface area contributed by atoms with Crippen molar-refractivity contribution in [1.29, 1.82) is 0 Å². The molecule has 0 aliphatic heterocycles. The third-order valence-corrected chi connectivity index (χ3v) is 1.32. The van der Waals surface area contributed by atoms with Gasteiger partial charge in [0.2, 0.25) is 0 Å². The summed E-state index contributed by atoms with van der Waals surface area (Å²) in [6, 6.07) is 0. The highest BCUT2D eigenvalue weighted by atomic mass is 35.5. The maximum Gasteiger partial charge on any atom is 0.173 e. The molecule has 0 aromatic heterocycles. The summed E-state index contributed by atoms with van der Waals surface area (Å²) in [6.45, 7) is 0. The van der Waals surface area contributed by atoms with Crippen LogP contribution in [0.3, 0.4) is 0 Å². The van der Waals surface area contributed by atoms with Crippen LogP contribution >= 0.6 is 23.2 Å². The Bertz CT molecular complexity index is 112. The first-order valence-electron chi connectivity index (χ1n) is 2.40. The molecule has 0 atom stereocenters. The summed E-state index contributed by atoms with van der Waals surface area (Å²) in [4.78, 5) is 19.7. The molecule has 2 nitrogen and oxygen atoms in total. The Hall–Kier alpha value is -0.0800. The largest absolute Gasteiger partial charge is 0.303 e. The van der Waals surface area contributed by atoms with Gasteiger partial charge >= 0.3 is 0 Å². The molecular formula is C5H6Cl2O2. The van der Waals surface area contributed by atoms with Crippen LogP contribution < -0.4 is 0 Å². The summed E-state index contributed by atoms with van der Waals surface area (Å²) in [6.07, 6.45) is 1.48. The first-order valence-corrected chi connectivity index (χ1v) is 3.16. The molecule has 0 heterocycles. The van der Waals surface area contributed by atoms with Gasteiger partial charge in [-0.05, 0) is 6.42 Å². The van der Waals surface area contributed by atoms with Crippen LogP contribution in [0.5, 0.6) is 0 Å². The van der Waals surface area contributed by atoms with Gasteiger partial charge in [0.15, 0.2) is 10.6 Å². The lowest BCUT2D eigenvalue weighted by atomic mass is 10.2. The fourth-order valence-electron chi connectivity index (χ4n) is 0.310. The van der Waals surface area contributed by atoms with E-state index >= 15 is 0 Å². The summed E-state index contributed by atoms with van der Waals surface area (Å²) in [7, 11) is 0. The number of alkyl halides is 2. The lowest BCUT2D eigenvalue weighted by molar-refractivity contribution is -0.109. The van der Waals surface area contributed by atoms with Gasteiger partial charge in [-0.3, -0.25) is 0 Å². The molecule has 0 unspecified atom stereocenters. The molecular weight excluding hydrogens is 163 g/mol. The van der Waals surface area contributed by atoms with Crippen molar-refractivity contribution in [2.24, 2.45) is 0 Å². The second-order valence-electron chi connectivity index (χ2n) is 1.58. The van der Waals surface area contributed by atoms with Crippen molar-refractivity contribution in [3.8, 4) is 0 Å². The van der Waals surface area contributed by atoms with Gasteiger partial charge in [0, 0.05) is 6.42 Å². The molecule has 0 aliphatic carbocycles. The molecule has 4 heteroatoms. The molecule has 0 saturated carbocycles. The molecule has 0 radical (unpaired) electrons. The molecule has 0 spiro atoms. The molecule has 0 fully saturated rings. The van der Waals surface area contributed by atoms with Crippen LogP contribution in [0.4, 0.5) is 0 Å². The van der Waals surface area contributed by atoms with Crippen molar-refractivity contribution >= 4 is 35.8 Å². The zero-order chi connectivity index (χ0) is 7.33. The predicted molar refractivity (Wildman–Crippen MR) is 35.8 cm³/mol. The number of rotatable bonds is 4. The van der Waals surface area contributed by atoms with Gasteiger partial charge in [0.1, 0.15) is 6.29 Å². The fraction of sp³-hybridized carbons (Fsp3) is 0.600. The Morgan fingerprint density at radius 3 is 2.22 bits per heavy atom. The van der Waals surface area contributed by atoms with E-state index < -0.39 is 4.33 Å². The van der Waals surface area contributed by atoms with Crippen molar-refractivity contribution in [2.45, 2.75) is 17.2 Å². The molecule has 0 aromatic carbocycles. The summed E-state index contributed by atoms with van der Waals surface area (Å²) < 4.78 is -1.37. The molecule has 9 heavy (non-hydrogen) atoms. The maximum absolute atomic E-state index is 9.95. The first-order chi connectivity index (χ1) is 4.12. The molecule has 0 aromatic rings. The van der Waals surface area contributed by atoms with Crippen molar-refractivity contribution in [1.82, 2.24) is 0 Å². The van der Waals surface area contributed by atoms with Crippen LogP contribution in [0.1, 0.15) is 12.8 Å². The minimum atomic E-state index is -1.37. The van der Waals surface area contributed by atoms with E-state index in [0.29, 0.717) is 12.6 Å². The van der Waals surface area contributed by atoms with Gasteiger partial charge in [0.05, 0.1) is 0 Å². The second-order valence-corrected chi connectivity index (χ2v) is 3.13. The normalized spacial score (nSPS) is 10.9. The second kappa shape index (κ2) is 3.85. The van der Waals surface area contributed by atoms with E-state index in [1.165, 1.54) is 0 Å². The van der Waals surface area contributed by atoms with Crippen LogP contribution in [0.15, 0.2) is 0 Å². The van der Waals surface area contributed by atoms with Gasteiger partial charge in [-0.2, -0.15) is 0 Å². The molecule has 0 bridgehead atoms. The number of hydrogen-bond donors (Lipinski definition) is 0. The molecule has 0 saturated heterocycles. The van der Waals surface area contributed by atoms with Gasteiger partial charge < -0.3 is 9.59 Å². The standard InChI is InChI=1S/C5H6Cl2O2/c6-5(7,4-9)2-1-3-8/h3-4H,1-2H2. The van der Waals surface area contributed by atoms with Gasteiger partial charge in [0.25, 0.3) is 0 Å². The number of carbonyl (C=O) groups is 2. The smallest absolute Gasteiger partial charge is 0.173 e. The van der Waals surface area contributed by atoms with Crippen LogP contribution in [0.2, 0.25) is 0 Å². The van der Waals surface area contributed by atoms with E-state index in [0.717, 1.165) is 0 Å². The lowest BCUT2D eigenvalue weighted by Gasteiger charge is -2.06. The van der Waals surface area contributed by atoms with Crippen molar-refractivity contribution in [2.75, 3.05) is 0 Å². The average molecular weight is 169 g/mol. The summed E-state index contributed by atoms with van der Waals surface area (Å²) >= 11 is 10.7. The SMILES string of the molecule is O=CCCC(Cl)(Cl)C=O. The summed E-state index contributed by atoms with van der Waals surface area (Å²) in [5, 5.41) is 0. The minimum absolute atomic E-state index is 0.184. The Morgan fingerprint density at radius 2 is 1.89 bits per heavy atom. The topological polar surface area (TPSA) is 34.1 Å². The zero-order valence-corrected chi connectivity index (χ0v) is 6.15. The maximum atomic E-state index is 9.95. The molecule has 0 aliphatic rings. The highest BCUT2D eigenvalue weighted by molar-refractivity contribution is 6.55. The van der Waals surface area contributed by atoms with Gasteiger partial charge in [-0.1, -0.05) is 23.2 Å². The number of carbonyl (C=O) groups excluding carboxylic acids is 2. The highest BCUT2D eigenvalue weighted by Gasteiger charge is 2.21. The quantitative estimate of drug-likeness (QED) is 0.470. The monoisotopic (exact) mass is 168 g/mol. The van der Waals surface area contributed by atoms with E-state index in [-0.39, 0.29) is 12.8 Å². The molecule has 0 amide bonds. The molecule has 0 rings (SSSR count). The number of halogens is 2. The number of hydrogen-bond acceptors (Lipinski definition) is 2. The predicted octanol–water partition coefficient (Wildman–Crippen LogP) is 1.34. The first kappa shape index (κ1) is 8.92. The van der Waals surface area contributed by atoms with Crippen LogP contribution in [-0.2, 0) is 9.59 Å². The summed E-state index contributed by atoms with van der Waals surface area (Å²) in [5.74, 6) is 0. The van der Waals surface area contributed by atoms with Crippen molar-refractivity contribution in [3.63, 3.8) is 0 Å². The molecule has 0 N–H and O–H groups in total. The number of aldehydes is 2. The summed E-state index contributed by atoms with van der Waals surface area (Å²) in [5.41, 5.74) is 0. The van der Waals surface area contributed by atoms with E-state index in [4.69, 9.17) is 23.2 Å². The van der Waals surface area contributed by atoms with E-state index in [1.54, 1.807) is 0 Å².